The minimum atomic E-state index is -3.81. The van der Waals surface area contributed by atoms with Crippen molar-refractivity contribution in [3.8, 4) is 0 Å². The molecule has 6 nitrogen and oxygen atoms in total. The van der Waals surface area contributed by atoms with Gasteiger partial charge in [0.25, 0.3) is 10.0 Å². The molecule has 0 saturated carbocycles. The smallest absolute Gasteiger partial charge is 0.262 e. The van der Waals surface area contributed by atoms with Gasteiger partial charge in [-0.3, -0.25) is 9.52 Å². The summed E-state index contributed by atoms with van der Waals surface area (Å²) in [6.07, 6.45) is 1.55. The molecule has 0 spiro atoms. The fourth-order valence-electron chi connectivity index (χ4n) is 2.82. The molecule has 1 amide bonds. The van der Waals surface area contributed by atoms with Crippen molar-refractivity contribution in [2.24, 2.45) is 5.92 Å². The topological polar surface area (TPSA) is 87.3 Å². The van der Waals surface area contributed by atoms with E-state index in [2.05, 4.69) is 15.4 Å². The summed E-state index contributed by atoms with van der Waals surface area (Å²) in [5, 5.41) is 6.34. The summed E-state index contributed by atoms with van der Waals surface area (Å²) in [7, 11) is -3.81. The zero-order chi connectivity index (χ0) is 18.6. The fourth-order valence-corrected chi connectivity index (χ4v) is 4.18. The van der Waals surface area contributed by atoms with Crippen LogP contribution in [-0.2, 0) is 14.8 Å². The minimum absolute atomic E-state index is 0. The number of hydrogen-bond acceptors (Lipinski definition) is 4. The predicted octanol–water partition coefficient (Wildman–Crippen LogP) is 3.50. The van der Waals surface area contributed by atoms with Crippen molar-refractivity contribution in [2.45, 2.75) is 17.7 Å². The van der Waals surface area contributed by atoms with E-state index in [1.807, 2.05) is 0 Å². The molecular formula is C18H21Cl2N3O3S. The quantitative estimate of drug-likeness (QED) is 0.678. The van der Waals surface area contributed by atoms with Crippen LogP contribution in [0.15, 0.2) is 53.4 Å². The lowest BCUT2D eigenvalue weighted by Crippen LogP contribution is -2.34. The van der Waals surface area contributed by atoms with Gasteiger partial charge < -0.3 is 10.6 Å². The van der Waals surface area contributed by atoms with E-state index >= 15 is 0 Å². The maximum absolute atomic E-state index is 12.6. The van der Waals surface area contributed by atoms with Gasteiger partial charge in [0.05, 0.1) is 15.6 Å². The van der Waals surface area contributed by atoms with Crippen molar-refractivity contribution < 1.29 is 13.2 Å². The Balaban J connectivity index is 0.00000261. The number of amides is 1. The molecule has 1 aliphatic heterocycles. The number of anilines is 2. The van der Waals surface area contributed by atoms with Crippen molar-refractivity contribution >= 4 is 51.3 Å². The second-order valence-electron chi connectivity index (χ2n) is 6.13. The Hall–Kier alpha value is -1.80. The molecule has 1 saturated heterocycles. The Morgan fingerprint density at radius 2 is 1.78 bits per heavy atom. The van der Waals surface area contributed by atoms with Crippen LogP contribution < -0.4 is 15.4 Å². The molecule has 0 atom stereocenters. The van der Waals surface area contributed by atoms with Crippen molar-refractivity contribution in [1.82, 2.24) is 5.32 Å². The number of para-hydroxylation sites is 1. The summed E-state index contributed by atoms with van der Waals surface area (Å²) in [6.45, 7) is 1.63. The maximum atomic E-state index is 12.6. The molecule has 0 bridgehead atoms. The van der Waals surface area contributed by atoms with Crippen molar-refractivity contribution in [1.29, 1.82) is 0 Å². The minimum Gasteiger partial charge on any atom is -0.326 e. The van der Waals surface area contributed by atoms with Crippen LogP contribution in [0.5, 0.6) is 0 Å². The molecule has 1 aliphatic rings. The van der Waals surface area contributed by atoms with Gasteiger partial charge in [0.1, 0.15) is 0 Å². The van der Waals surface area contributed by atoms with E-state index in [9.17, 15) is 13.2 Å². The first-order chi connectivity index (χ1) is 12.5. The van der Waals surface area contributed by atoms with Gasteiger partial charge in [-0.1, -0.05) is 29.8 Å². The number of hydrogen-bond donors (Lipinski definition) is 3. The number of carbonyl (C=O) groups is 1. The summed E-state index contributed by atoms with van der Waals surface area (Å²) < 4.78 is 27.7. The Labute approximate surface area is 170 Å². The lowest BCUT2D eigenvalue weighted by Gasteiger charge is -2.21. The molecule has 0 aliphatic carbocycles. The van der Waals surface area contributed by atoms with E-state index < -0.39 is 10.0 Å². The Bertz CT molecular complexity index is 900. The van der Waals surface area contributed by atoms with Gasteiger partial charge in [-0.25, -0.2) is 8.42 Å². The number of sulfonamides is 1. The normalized spacial score (nSPS) is 14.9. The highest BCUT2D eigenvalue weighted by atomic mass is 35.5. The van der Waals surface area contributed by atoms with Gasteiger partial charge in [-0.15, -0.1) is 12.4 Å². The fraction of sp³-hybridized carbons (Fsp3) is 0.278. The Morgan fingerprint density at radius 1 is 1.07 bits per heavy atom. The van der Waals surface area contributed by atoms with Gasteiger partial charge in [-0.2, -0.15) is 0 Å². The van der Waals surface area contributed by atoms with Crippen LogP contribution >= 0.6 is 24.0 Å². The van der Waals surface area contributed by atoms with Crippen LogP contribution in [0.3, 0.4) is 0 Å². The number of halogens is 2. The lowest BCUT2D eigenvalue weighted by atomic mass is 9.97. The molecular weight excluding hydrogens is 409 g/mol. The molecule has 2 aromatic carbocycles. The van der Waals surface area contributed by atoms with E-state index in [0.29, 0.717) is 16.4 Å². The summed E-state index contributed by atoms with van der Waals surface area (Å²) in [6, 6.07) is 12.8. The molecule has 3 N–H and O–H groups in total. The third kappa shape index (κ3) is 5.59. The van der Waals surface area contributed by atoms with E-state index in [4.69, 9.17) is 11.6 Å². The monoisotopic (exact) mass is 429 g/mol. The van der Waals surface area contributed by atoms with Gasteiger partial charge in [0.15, 0.2) is 0 Å². The highest BCUT2D eigenvalue weighted by molar-refractivity contribution is 7.92. The summed E-state index contributed by atoms with van der Waals surface area (Å²) in [4.78, 5) is 12.4. The molecule has 3 rings (SSSR count). The molecule has 0 radical (unpaired) electrons. The highest BCUT2D eigenvalue weighted by Gasteiger charge is 2.22. The van der Waals surface area contributed by atoms with Crippen molar-refractivity contribution in [3.63, 3.8) is 0 Å². The average Bonchev–Trinajstić information content (AvgIpc) is 2.64. The van der Waals surface area contributed by atoms with Crippen LogP contribution in [0, 0.1) is 5.92 Å². The highest BCUT2D eigenvalue weighted by Crippen LogP contribution is 2.25. The Kier molecular flexibility index (Phi) is 7.49. The second-order valence-corrected chi connectivity index (χ2v) is 8.22. The van der Waals surface area contributed by atoms with Crippen LogP contribution in [0.1, 0.15) is 12.8 Å². The first kappa shape index (κ1) is 21.5. The number of rotatable bonds is 5. The molecule has 9 heteroatoms. The molecule has 1 fully saturated rings. The van der Waals surface area contributed by atoms with Crippen LogP contribution in [0.25, 0.3) is 0 Å². The number of nitrogens with one attached hydrogen (secondary N) is 3. The maximum Gasteiger partial charge on any atom is 0.262 e. The number of benzene rings is 2. The van der Waals surface area contributed by atoms with Crippen molar-refractivity contribution in [2.75, 3.05) is 23.1 Å². The van der Waals surface area contributed by atoms with Gasteiger partial charge in [0.2, 0.25) is 5.91 Å². The first-order valence-electron chi connectivity index (χ1n) is 8.35. The van der Waals surface area contributed by atoms with E-state index in [1.165, 1.54) is 12.1 Å². The second kappa shape index (κ2) is 9.41. The van der Waals surface area contributed by atoms with E-state index in [0.717, 1.165) is 25.9 Å². The summed E-state index contributed by atoms with van der Waals surface area (Å²) >= 11 is 6.01. The van der Waals surface area contributed by atoms with Crippen LogP contribution in [0.2, 0.25) is 5.02 Å². The average molecular weight is 430 g/mol. The Morgan fingerprint density at radius 3 is 2.48 bits per heavy atom. The van der Waals surface area contributed by atoms with Crippen molar-refractivity contribution in [3.05, 3.63) is 53.6 Å². The molecule has 0 aromatic heterocycles. The van der Waals surface area contributed by atoms with E-state index in [-0.39, 0.29) is 29.1 Å². The predicted molar refractivity (Wildman–Crippen MR) is 110 cm³/mol. The lowest BCUT2D eigenvalue weighted by molar-refractivity contribution is -0.120. The van der Waals surface area contributed by atoms with Gasteiger partial charge in [-0.05, 0) is 56.3 Å². The molecule has 27 heavy (non-hydrogen) atoms. The molecule has 2 aromatic rings. The van der Waals surface area contributed by atoms with Crippen LogP contribution in [0.4, 0.5) is 11.4 Å². The zero-order valence-corrected chi connectivity index (χ0v) is 16.8. The van der Waals surface area contributed by atoms with Crippen LogP contribution in [-0.4, -0.2) is 27.4 Å². The largest absolute Gasteiger partial charge is 0.326 e. The number of carbonyl (C=O) groups excluding carboxylic acids is 1. The summed E-state index contributed by atoms with van der Waals surface area (Å²) in [5.41, 5.74) is 0.758. The van der Waals surface area contributed by atoms with Gasteiger partial charge >= 0.3 is 0 Å². The molecule has 0 unspecified atom stereocenters. The first-order valence-corrected chi connectivity index (χ1v) is 10.2. The number of piperidine rings is 1. The summed E-state index contributed by atoms with van der Waals surface area (Å²) in [5.74, 6) is -0.141. The zero-order valence-electron chi connectivity index (χ0n) is 14.4. The standard InChI is InChI=1S/C18H20ClN3O3S.ClH/c19-16-6-1-2-7-17(16)22-26(24,25)15-5-3-4-14(12-15)21-18(23)13-8-10-20-11-9-13;/h1-7,12-13,20,22H,8-11H2,(H,21,23);1H. The SMILES string of the molecule is Cl.O=C(Nc1cccc(S(=O)(=O)Nc2ccccc2Cl)c1)C1CCNCC1. The third-order valence-corrected chi connectivity index (χ3v) is 5.93. The molecule has 146 valence electrons. The third-order valence-electron chi connectivity index (χ3n) is 4.24. The van der Waals surface area contributed by atoms with Gasteiger partial charge in [0, 0.05) is 11.6 Å². The van der Waals surface area contributed by atoms with E-state index in [1.54, 1.807) is 36.4 Å². The molecule has 1 heterocycles.